The van der Waals surface area contributed by atoms with E-state index in [0.29, 0.717) is 17.8 Å². The molecule has 0 spiro atoms. The lowest BCUT2D eigenvalue weighted by Crippen LogP contribution is -2.46. The fourth-order valence-electron chi connectivity index (χ4n) is 1.97. The number of aliphatic carboxylic acids is 1. The molecule has 0 saturated heterocycles. The highest BCUT2D eigenvalue weighted by molar-refractivity contribution is 6.01. The highest BCUT2D eigenvalue weighted by Crippen LogP contribution is 2.22. The summed E-state index contributed by atoms with van der Waals surface area (Å²) in [5.41, 5.74) is 0.391. The summed E-state index contributed by atoms with van der Waals surface area (Å²) in [6.07, 6.45) is 1.15. The average Bonchev–Trinajstić information content (AvgIpc) is 2.69. The van der Waals surface area contributed by atoms with E-state index in [1.54, 1.807) is 24.3 Å². The summed E-state index contributed by atoms with van der Waals surface area (Å²) < 4.78 is 18.3. The van der Waals surface area contributed by atoms with Crippen LogP contribution < -0.4 is 15.4 Å². The van der Waals surface area contributed by atoms with E-state index in [1.165, 1.54) is 19.2 Å². The highest BCUT2D eigenvalue weighted by atomic mass is 19.1. The fourth-order valence-corrected chi connectivity index (χ4v) is 1.97. The van der Waals surface area contributed by atoms with E-state index in [4.69, 9.17) is 9.84 Å². The molecule has 0 fully saturated rings. The average molecular weight is 403 g/mol. The first kappa shape index (κ1) is 21.3. The number of pyridine rings is 1. The molecule has 0 bridgehead atoms. The molecule has 0 radical (unpaired) electrons. The Kier molecular flexibility index (Phi) is 7.59. The van der Waals surface area contributed by atoms with Crippen LogP contribution in [0.4, 0.5) is 14.9 Å². The van der Waals surface area contributed by atoms with Crippen molar-refractivity contribution in [2.75, 3.05) is 13.6 Å². The van der Waals surface area contributed by atoms with Crippen LogP contribution in [-0.4, -0.2) is 53.0 Å². The second kappa shape index (κ2) is 10.3. The second-order valence-electron chi connectivity index (χ2n) is 5.63. The summed E-state index contributed by atoms with van der Waals surface area (Å²) in [6, 6.07) is 8.23. The van der Waals surface area contributed by atoms with Gasteiger partial charge in [0.25, 0.3) is 0 Å². The molecule has 29 heavy (non-hydrogen) atoms. The lowest BCUT2D eigenvalue weighted by atomic mass is 10.3. The number of hydrogen-bond donors (Lipinski definition) is 3. The number of hydrogen-bond acceptors (Lipinski definition) is 6. The van der Waals surface area contributed by atoms with Gasteiger partial charge in [0, 0.05) is 19.7 Å². The first-order chi connectivity index (χ1) is 13.9. The predicted octanol–water partition coefficient (Wildman–Crippen LogP) is 1.86. The van der Waals surface area contributed by atoms with Crippen LogP contribution in [0.1, 0.15) is 6.42 Å². The molecule has 1 heterocycles. The van der Waals surface area contributed by atoms with Crippen molar-refractivity contribution in [2.24, 2.45) is 4.99 Å². The van der Waals surface area contributed by atoms with Crippen LogP contribution in [0, 0.1) is 5.82 Å². The number of carboxylic acids is 1. The third kappa shape index (κ3) is 7.25. The van der Waals surface area contributed by atoms with Gasteiger partial charge >= 0.3 is 12.0 Å². The van der Waals surface area contributed by atoms with Gasteiger partial charge in [-0.3, -0.25) is 20.2 Å². The molecule has 0 atom stereocenters. The molecule has 0 aliphatic heterocycles. The smallest absolute Gasteiger partial charge is 0.323 e. The van der Waals surface area contributed by atoms with Gasteiger partial charge in [0.05, 0.1) is 18.3 Å². The van der Waals surface area contributed by atoms with Gasteiger partial charge in [-0.05, 0) is 30.3 Å². The minimum absolute atomic E-state index is 0.0149. The van der Waals surface area contributed by atoms with Crippen LogP contribution in [0.3, 0.4) is 0 Å². The van der Waals surface area contributed by atoms with E-state index in [0.717, 1.165) is 11.1 Å². The molecule has 0 aliphatic rings. The number of nitrogens with zero attached hydrogens (tertiary/aromatic N) is 3. The van der Waals surface area contributed by atoms with Crippen molar-refractivity contribution in [3.63, 3.8) is 0 Å². The van der Waals surface area contributed by atoms with E-state index in [-0.39, 0.29) is 24.8 Å². The number of aliphatic imine (C=N–C) groups is 1. The SMILES string of the molecule is CN(CCC(=O)O)C(=O)NC(=Nc1ccc(Oc2ccc(F)cn2)cc1)NC=O. The predicted molar refractivity (Wildman–Crippen MR) is 100 cm³/mol. The third-order valence-electron chi connectivity index (χ3n) is 3.43. The van der Waals surface area contributed by atoms with Crippen LogP contribution in [-0.2, 0) is 9.59 Å². The molecule has 10 nitrogen and oxygen atoms in total. The lowest BCUT2D eigenvalue weighted by Gasteiger charge is -2.17. The topological polar surface area (TPSA) is 133 Å². The van der Waals surface area contributed by atoms with E-state index in [2.05, 4.69) is 20.6 Å². The zero-order valence-corrected chi connectivity index (χ0v) is 15.3. The van der Waals surface area contributed by atoms with Gasteiger partial charge in [0.15, 0.2) is 0 Å². The first-order valence-corrected chi connectivity index (χ1v) is 8.29. The number of carbonyl (C=O) groups is 3. The van der Waals surface area contributed by atoms with E-state index in [1.807, 2.05) is 0 Å². The van der Waals surface area contributed by atoms with Crippen molar-refractivity contribution in [1.82, 2.24) is 20.5 Å². The van der Waals surface area contributed by atoms with Crippen LogP contribution in [0.15, 0.2) is 47.6 Å². The molecule has 11 heteroatoms. The number of nitrogens with one attached hydrogen (secondary N) is 2. The summed E-state index contributed by atoms with van der Waals surface area (Å²) in [4.78, 5) is 42.4. The molecule has 3 amide bonds. The van der Waals surface area contributed by atoms with Gasteiger partial charge in [-0.2, -0.15) is 0 Å². The van der Waals surface area contributed by atoms with Crippen molar-refractivity contribution in [2.45, 2.75) is 6.42 Å². The quantitative estimate of drug-likeness (QED) is 0.367. The number of guanidine groups is 1. The molecule has 0 aliphatic carbocycles. The molecule has 2 rings (SSSR count). The van der Waals surface area contributed by atoms with Crippen LogP contribution in [0.2, 0.25) is 0 Å². The van der Waals surface area contributed by atoms with Gasteiger partial charge < -0.3 is 14.7 Å². The maximum absolute atomic E-state index is 12.9. The number of halogens is 1. The Morgan fingerprint density at radius 2 is 2.00 bits per heavy atom. The molecule has 152 valence electrons. The Labute approximate surface area is 165 Å². The van der Waals surface area contributed by atoms with Crippen LogP contribution in [0.5, 0.6) is 11.6 Å². The highest BCUT2D eigenvalue weighted by Gasteiger charge is 2.12. The van der Waals surface area contributed by atoms with E-state index >= 15 is 0 Å². The normalized spacial score (nSPS) is 10.8. The van der Waals surface area contributed by atoms with Crippen molar-refractivity contribution < 1.29 is 28.6 Å². The van der Waals surface area contributed by atoms with Gasteiger partial charge in [-0.15, -0.1) is 0 Å². The number of rotatable bonds is 7. The lowest BCUT2D eigenvalue weighted by molar-refractivity contribution is -0.137. The number of aromatic nitrogens is 1. The number of carbonyl (C=O) groups excluding carboxylic acids is 2. The van der Waals surface area contributed by atoms with Gasteiger partial charge in [-0.1, -0.05) is 0 Å². The Balaban J connectivity index is 2.03. The Hall–Kier alpha value is -4.02. The number of ether oxygens (including phenoxy) is 1. The van der Waals surface area contributed by atoms with Crippen molar-refractivity contribution in [3.05, 3.63) is 48.4 Å². The summed E-state index contributed by atoms with van der Waals surface area (Å²) in [5, 5.41) is 13.3. The number of benzene rings is 1. The Bertz CT molecular complexity index is 887. The number of amides is 3. The van der Waals surface area contributed by atoms with Gasteiger partial charge in [0.1, 0.15) is 11.6 Å². The molecular weight excluding hydrogens is 385 g/mol. The largest absolute Gasteiger partial charge is 0.481 e. The van der Waals surface area contributed by atoms with Gasteiger partial charge in [0.2, 0.25) is 18.2 Å². The minimum Gasteiger partial charge on any atom is -0.481 e. The van der Waals surface area contributed by atoms with Crippen molar-refractivity contribution in [1.29, 1.82) is 0 Å². The summed E-state index contributed by atoms with van der Waals surface area (Å²) in [5.74, 6) is -1.02. The zero-order chi connectivity index (χ0) is 21.2. The van der Waals surface area contributed by atoms with Gasteiger partial charge in [-0.25, -0.2) is 19.2 Å². The summed E-state index contributed by atoms with van der Waals surface area (Å²) >= 11 is 0. The molecular formula is C18H18FN5O5. The molecule has 3 N–H and O–H groups in total. The minimum atomic E-state index is -1.04. The zero-order valence-electron chi connectivity index (χ0n) is 15.3. The maximum atomic E-state index is 12.9. The molecule has 0 saturated carbocycles. The van der Waals surface area contributed by atoms with Crippen LogP contribution in [0.25, 0.3) is 0 Å². The molecule has 0 unspecified atom stereocenters. The molecule has 2 aromatic rings. The summed E-state index contributed by atoms with van der Waals surface area (Å²) in [6.45, 7) is -0.0149. The monoisotopic (exact) mass is 403 g/mol. The number of carboxylic acid groups (broad SMARTS) is 1. The Morgan fingerprint density at radius 1 is 1.28 bits per heavy atom. The maximum Gasteiger partial charge on any atom is 0.323 e. The fraction of sp³-hybridized carbons (Fsp3) is 0.167. The van der Waals surface area contributed by atoms with Crippen molar-refractivity contribution in [3.8, 4) is 11.6 Å². The van der Waals surface area contributed by atoms with E-state index < -0.39 is 17.8 Å². The number of urea groups is 1. The first-order valence-electron chi connectivity index (χ1n) is 8.29. The van der Waals surface area contributed by atoms with Crippen LogP contribution >= 0.6 is 0 Å². The van der Waals surface area contributed by atoms with E-state index in [9.17, 15) is 18.8 Å². The standard InChI is InChI=1S/C18H18FN5O5/c1-24(9-8-16(26)27)18(28)23-17(21-11-25)22-13-3-5-14(6-4-13)29-15-7-2-12(19)10-20-15/h2-7,10-11H,8-9H2,1H3,(H,26,27)(H2,21,22,23,25,28). The molecule has 1 aromatic carbocycles. The van der Waals surface area contributed by atoms with Crippen molar-refractivity contribution >= 4 is 30.1 Å². The second-order valence-corrected chi connectivity index (χ2v) is 5.63. The third-order valence-corrected chi connectivity index (χ3v) is 3.43. The Morgan fingerprint density at radius 3 is 2.59 bits per heavy atom. The molecule has 1 aromatic heterocycles. The summed E-state index contributed by atoms with van der Waals surface area (Å²) in [7, 11) is 1.41.